The third-order valence-electron chi connectivity index (χ3n) is 5.28. The topological polar surface area (TPSA) is 79.8 Å². The van der Waals surface area contributed by atoms with E-state index in [1.807, 2.05) is 35.8 Å². The molecule has 1 fully saturated rings. The summed E-state index contributed by atoms with van der Waals surface area (Å²) < 4.78 is 2.02. The molecular formula is C21H24N4O2. The maximum atomic E-state index is 12.7. The zero-order chi connectivity index (χ0) is 18.8. The van der Waals surface area contributed by atoms with Gasteiger partial charge in [0.1, 0.15) is 18.1 Å². The molecule has 2 N–H and O–H groups in total. The maximum Gasteiger partial charge on any atom is 0.271 e. The number of pyridine rings is 1. The molecule has 140 valence electrons. The maximum absolute atomic E-state index is 12.7. The highest BCUT2D eigenvalue weighted by molar-refractivity contribution is 5.91. The Morgan fingerprint density at radius 2 is 2.04 bits per heavy atom. The first-order valence-electron chi connectivity index (χ1n) is 9.56. The van der Waals surface area contributed by atoms with Crippen molar-refractivity contribution in [3.05, 3.63) is 58.3 Å². The highest BCUT2D eigenvalue weighted by atomic mass is 16.2. The summed E-state index contributed by atoms with van der Waals surface area (Å²) in [4.78, 5) is 32.1. The van der Waals surface area contributed by atoms with Crippen LogP contribution in [0.1, 0.15) is 49.4 Å². The molecule has 6 heteroatoms. The van der Waals surface area contributed by atoms with Gasteiger partial charge in [-0.15, -0.1) is 0 Å². The molecule has 0 atom stereocenters. The Labute approximate surface area is 157 Å². The zero-order valence-electron chi connectivity index (χ0n) is 15.5. The number of fused-ring (bicyclic) bond motifs is 1. The third kappa shape index (κ3) is 3.65. The second kappa shape index (κ2) is 7.39. The normalized spacial score (nSPS) is 15.1. The number of hydrogen-bond acceptors (Lipinski definition) is 3. The van der Waals surface area contributed by atoms with Crippen molar-refractivity contribution in [2.75, 3.05) is 5.32 Å². The van der Waals surface area contributed by atoms with E-state index in [1.165, 1.54) is 19.3 Å². The number of benzene rings is 1. The summed E-state index contributed by atoms with van der Waals surface area (Å²) in [5.41, 5.74) is 2.76. The van der Waals surface area contributed by atoms with Crippen LogP contribution in [0.25, 0.3) is 11.0 Å². The lowest BCUT2D eigenvalue weighted by atomic mass is 9.88. The van der Waals surface area contributed by atoms with Gasteiger partial charge in [-0.2, -0.15) is 0 Å². The summed E-state index contributed by atoms with van der Waals surface area (Å²) in [6.07, 6.45) is 7.54. The molecule has 1 amide bonds. The Bertz CT molecular complexity index is 1030. The Morgan fingerprint density at radius 3 is 2.85 bits per heavy atom. The monoisotopic (exact) mass is 364 g/mol. The van der Waals surface area contributed by atoms with Crippen LogP contribution in [0.15, 0.2) is 41.3 Å². The van der Waals surface area contributed by atoms with Crippen LogP contribution in [-0.2, 0) is 11.3 Å². The first kappa shape index (κ1) is 17.5. The standard InChI is InChI=1S/C21H24N4O2/c1-14-11-17(21(27)22-12-14)23-19(26)13-25-18-10-6-5-9-16(18)24-20(25)15-7-3-2-4-8-15/h5-6,9-12,15H,2-4,7-8,13H2,1H3,(H,22,27)(H,23,26). The Balaban J connectivity index is 1.64. The smallest absolute Gasteiger partial charge is 0.271 e. The molecule has 4 rings (SSSR count). The number of aryl methyl sites for hydroxylation is 1. The van der Waals surface area contributed by atoms with Gasteiger partial charge in [0.05, 0.1) is 11.0 Å². The number of nitrogens with one attached hydrogen (secondary N) is 2. The fourth-order valence-electron chi connectivity index (χ4n) is 3.95. The molecule has 6 nitrogen and oxygen atoms in total. The van der Waals surface area contributed by atoms with Crippen LogP contribution in [0.5, 0.6) is 0 Å². The van der Waals surface area contributed by atoms with Crippen molar-refractivity contribution >= 4 is 22.6 Å². The fraction of sp³-hybridized carbons (Fsp3) is 0.381. The van der Waals surface area contributed by atoms with Crippen LogP contribution >= 0.6 is 0 Å². The van der Waals surface area contributed by atoms with Gasteiger partial charge in [0.25, 0.3) is 5.56 Å². The molecule has 1 aliphatic carbocycles. The number of nitrogens with zero attached hydrogens (tertiary/aromatic N) is 2. The van der Waals surface area contributed by atoms with Gasteiger partial charge in [0.15, 0.2) is 0 Å². The first-order valence-corrected chi connectivity index (χ1v) is 9.56. The van der Waals surface area contributed by atoms with E-state index in [2.05, 4.69) is 10.3 Å². The molecular weight excluding hydrogens is 340 g/mol. The summed E-state index contributed by atoms with van der Waals surface area (Å²) in [6.45, 7) is 2.02. The van der Waals surface area contributed by atoms with Gasteiger partial charge in [-0.3, -0.25) is 9.59 Å². The molecule has 1 aromatic carbocycles. The summed E-state index contributed by atoms with van der Waals surface area (Å²) in [7, 11) is 0. The van der Waals surface area contributed by atoms with E-state index in [0.29, 0.717) is 5.92 Å². The number of aromatic nitrogens is 3. The van der Waals surface area contributed by atoms with Crippen molar-refractivity contribution in [1.29, 1.82) is 0 Å². The SMILES string of the molecule is Cc1c[nH]c(=O)c(NC(=O)Cn2c(C3CCCCC3)nc3ccccc32)c1. The van der Waals surface area contributed by atoms with E-state index in [4.69, 9.17) is 4.98 Å². The molecule has 0 unspecified atom stereocenters. The van der Waals surface area contributed by atoms with E-state index in [9.17, 15) is 9.59 Å². The molecule has 2 aromatic heterocycles. The molecule has 1 aliphatic rings. The minimum atomic E-state index is -0.294. The van der Waals surface area contributed by atoms with Gasteiger partial charge in [-0.25, -0.2) is 4.98 Å². The van der Waals surface area contributed by atoms with Crippen LogP contribution in [0, 0.1) is 6.92 Å². The van der Waals surface area contributed by atoms with Crippen molar-refractivity contribution in [2.45, 2.75) is 51.5 Å². The predicted octanol–water partition coefficient (Wildman–Crippen LogP) is 3.72. The molecule has 0 saturated heterocycles. The number of rotatable bonds is 4. The second-order valence-corrected chi connectivity index (χ2v) is 7.35. The number of carbonyl (C=O) groups excluding carboxylic acids is 1. The van der Waals surface area contributed by atoms with Crippen LogP contribution in [0.4, 0.5) is 5.69 Å². The largest absolute Gasteiger partial charge is 0.327 e. The molecule has 0 spiro atoms. The molecule has 0 radical (unpaired) electrons. The van der Waals surface area contributed by atoms with Gasteiger partial charge < -0.3 is 14.9 Å². The van der Waals surface area contributed by atoms with Crippen molar-refractivity contribution in [3.63, 3.8) is 0 Å². The van der Waals surface area contributed by atoms with E-state index >= 15 is 0 Å². The first-order chi connectivity index (χ1) is 13.1. The number of anilines is 1. The van der Waals surface area contributed by atoms with Crippen molar-refractivity contribution in [3.8, 4) is 0 Å². The van der Waals surface area contributed by atoms with E-state index in [-0.39, 0.29) is 23.7 Å². The molecule has 27 heavy (non-hydrogen) atoms. The van der Waals surface area contributed by atoms with E-state index < -0.39 is 0 Å². The van der Waals surface area contributed by atoms with Crippen molar-refractivity contribution < 1.29 is 4.79 Å². The number of para-hydroxylation sites is 2. The molecule has 1 saturated carbocycles. The summed E-state index contributed by atoms with van der Waals surface area (Å²) in [5, 5.41) is 2.75. The zero-order valence-corrected chi connectivity index (χ0v) is 15.5. The third-order valence-corrected chi connectivity index (χ3v) is 5.28. The van der Waals surface area contributed by atoms with Gasteiger partial charge >= 0.3 is 0 Å². The molecule has 0 aliphatic heterocycles. The summed E-state index contributed by atoms with van der Waals surface area (Å²) >= 11 is 0. The van der Waals surface area contributed by atoms with Crippen LogP contribution in [0.3, 0.4) is 0 Å². The van der Waals surface area contributed by atoms with Gasteiger partial charge in [0, 0.05) is 12.1 Å². The predicted molar refractivity (Wildman–Crippen MR) is 106 cm³/mol. The highest BCUT2D eigenvalue weighted by Gasteiger charge is 2.23. The second-order valence-electron chi connectivity index (χ2n) is 7.35. The summed E-state index contributed by atoms with van der Waals surface area (Å²) in [5.74, 6) is 1.16. The van der Waals surface area contributed by atoms with Crippen molar-refractivity contribution in [2.24, 2.45) is 0 Å². The van der Waals surface area contributed by atoms with E-state index in [1.54, 1.807) is 12.3 Å². The molecule has 0 bridgehead atoms. The lowest BCUT2D eigenvalue weighted by molar-refractivity contribution is -0.116. The lowest BCUT2D eigenvalue weighted by Crippen LogP contribution is -2.25. The minimum absolute atomic E-state index is 0.153. The number of H-pyrrole nitrogens is 1. The summed E-state index contributed by atoms with van der Waals surface area (Å²) in [6, 6.07) is 9.61. The van der Waals surface area contributed by atoms with Gasteiger partial charge in [-0.1, -0.05) is 31.4 Å². The van der Waals surface area contributed by atoms with Crippen molar-refractivity contribution in [1.82, 2.24) is 14.5 Å². The highest BCUT2D eigenvalue weighted by Crippen LogP contribution is 2.33. The number of imidazole rings is 1. The number of hydrogen-bond donors (Lipinski definition) is 2. The Morgan fingerprint density at radius 1 is 1.26 bits per heavy atom. The Kier molecular flexibility index (Phi) is 4.79. The number of amides is 1. The van der Waals surface area contributed by atoms with Crippen LogP contribution < -0.4 is 10.9 Å². The molecule has 2 heterocycles. The fourth-order valence-corrected chi connectivity index (χ4v) is 3.95. The lowest BCUT2D eigenvalue weighted by Gasteiger charge is -2.22. The Hall–Kier alpha value is -2.89. The number of aromatic amines is 1. The van der Waals surface area contributed by atoms with Gasteiger partial charge in [-0.05, 0) is 43.5 Å². The quantitative estimate of drug-likeness (QED) is 0.740. The molecule has 3 aromatic rings. The van der Waals surface area contributed by atoms with Crippen LogP contribution in [0.2, 0.25) is 0 Å². The average Bonchev–Trinajstić information content (AvgIpc) is 3.04. The van der Waals surface area contributed by atoms with Gasteiger partial charge in [0.2, 0.25) is 5.91 Å². The average molecular weight is 364 g/mol. The number of carbonyl (C=O) groups is 1. The van der Waals surface area contributed by atoms with E-state index in [0.717, 1.165) is 35.3 Å². The minimum Gasteiger partial charge on any atom is -0.327 e. The van der Waals surface area contributed by atoms with Crippen LogP contribution in [-0.4, -0.2) is 20.4 Å².